The maximum atomic E-state index is 13.3. The lowest BCUT2D eigenvalue weighted by molar-refractivity contribution is -0.162. The van der Waals surface area contributed by atoms with Crippen molar-refractivity contribution < 1.29 is 18.3 Å². The molecule has 6 heteroatoms. The zero-order valence-corrected chi connectivity index (χ0v) is 12.3. The lowest BCUT2D eigenvalue weighted by Crippen LogP contribution is -2.56. The minimum Gasteiger partial charge on any atom is -0.468 e. The molecule has 4 nitrogen and oxygen atoms in total. The Kier molecular flexibility index (Phi) is 4.86. The molecule has 0 fully saturated rings. The Hall–Kier alpha value is -0.933. The minimum absolute atomic E-state index is 0.657. The van der Waals surface area contributed by atoms with Crippen molar-refractivity contribution in [2.75, 3.05) is 13.8 Å². The number of carbonyl (C=O) groups is 1. The zero-order valence-electron chi connectivity index (χ0n) is 11.3. The first kappa shape index (κ1) is 16.1. The molecule has 0 saturated carbocycles. The first-order valence-electron chi connectivity index (χ1n) is 5.32. The average Bonchev–Trinajstić information content (AvgIpc) is 2.22. The summed E-state index contributed by atoms with van der Waals surface area (Å²) in [6.07, 6.45) is 0. The summed E-state index contributed by atoms with van der Waals surface area (Å²) in [6, 6.07) is 1.81. The molecule has 0 saturated heterocycles. The van der Waals surface area contributed by atoms with E-state index in [0.29, 0.717) is 0 Å². The number of methoxy groups -OCH3 is 1. The standard InChI is InChI=1S/C11H20FNO3Si/c1-10(2,9(14)15-3)11(7-12,8-13)16-17(4,5)6/h7H2,1-6H3. The average molecular weight is 261 g/mol. The van der Waals surface area contributed by atoms with Crippen LogP contribution in [0.3, 0.4) is 0 Å². The van der Waals surface area contributed by atoms with Gasteiger partial charge < -0.3 is 9.16 Å². The molecule has 0 radical (unpaired) electrons. The zero-order chi connectivity index (χ0) is 13.9. The highest BCUT2D eigenvalue weighted by atomic mass is 28.4. The van der Waals surface area contributed by atoms with Crippen molar-refractivity contribution in [3.8, 4) is 6.07 Å². The molecule has 0 aromatic rings. The lowest BCUT2D eigenvalue weighted by Gasteiger charge is -2.41. The molecule has 0 aliphatic carbocycles. The number of nitriles is 1. The van der Waals surface area contributed by atoms with Crippen molar-refractivity contribution in [3.63, 3.8) is 0 Å². The van der Waals surface area contributed by atoms with Gasteiger partial charge in [0.05, 0.1) is 7.11 Å². The molecule has 1 atom stereocenters. The number of hydrogen-bond acceptors (Lipinski definition) is 4. The highest BCUT2D eigenvalue weighted by molar-refractivity contribution is 6.69. The molecule has 0 amide bonds. The second kappa shape index (κ2) is 5.15. The summed E-state index contributed by atoms with van der Waals surface area (Å²) < 4.78 is 23.5. The van der Waals surface area contributed by atoms with Gasteiger partial charge in [0.15, 0.2) is 13.9 Å². The van der Waals surface area contributed by atoms with Crippen LogP contribution in [-0.2, 0) is 14.0 Å². The van der Waals surface area contributed by atoms with Crippen molar-refractivity contribution in [2.24, 2.45) is 5.41 Å². The topological polar surface area (TPSA) is 59.3 Å². The van der Waals surface area contributed by atoms with Crippen LogP contribution in [0.1, 0.15) is 13.8 Å². The van der Waals surface area contributed by atoms with E-state index in [2.05, 4.69) is 4.74 Å². The molecule has 0 aliphatic heterocycles. The van der Waals surface area contributed by atoms with Crippen molar-refractivity contribution in [1.82, 2.24) is 0 Å². The Morgan fingerprint density at radius 1 is 1.41 bits per heavy atom. The number of nitrogens with zero attached hydrogens (tertiary/aromatic N) is 1. The van der Waals surface area contributed by atoms with Crippen LogP contribution in [0.15, 0.2) is 0 Å². The molecule has 0 bridgehead atoms. The van der Waals surface area contributed by atoms with E-state index in [1.165, 1.54) is 21.0 Å². The van der Waals surface area contributed by atoms with Crippen molar-refractivity contribution >= 4 is 14.3 Å². The van der Waals surface area contributed by atoms with E-state index < -0.39 is 32.0 Å². The SMILES string of the molecule is COC(=O)C(C)(C)C(C#N)(CF)O[Si](C)(C)C. The third kappa shape index (κ3) is 3.27. The molecule has 0 aromatic heterocycles. The van der Waals surface area contributed by atoms with Gasteiger partial charge in [-0.3, -0.25) is 4.79 Å². The molecule has 1 unspecified atom stereocenters. The van der Waals surface area contributed by atoms with Gasteiger partial charge in [0.1, 0.15) is 18.2 Å². The Balaban J connectivity index is 5.51. The van der Waals surface area contributed by atoms with Crippen LogP contribution in [0.4, 0.5) is 4.39 Å². The van der Waals surface area contributed by atoms with Crippen LogP contribution < -0.4 is 0 Å². The number of esters is 1. The van der Waals surface area contributed by atoms with E-state index in [9.17, 15) is 14.4 Å². The van der Waals surface area contributed by atoms with E-state index in [0.717, 1.165) is 0 Å². The van der Waals surface area contributed by atoms with Crippen LogP contribution in [0.5, 0.6) is 0 Å². The third-order valence-corrected chi connectivity index (χ3v) is 3.52. The largest absolute Gasteiger partial charge is 0.468 e. The Morgan fingerprint density at radius 3 is 2.12 bits per heavy atom. The first-order valence-corrected chi connectivity index (χ1v) is 8.73. The van der Waals surface area contributed by atoms with E-state index in [4.69, 9.17) is 4.43 Å². The van der Waals surface area contributed by atoms with E-state index in [-0.39, 0.29) is 0 Å². The van der Waals surface area contributed by atoms with Gasteiger partial charge in [-0.1, -0.05) is 0 Å². The van der Waals surface area contributed by atoms with Crippen LogP contribution in [0.25, 0.3) is 0 Å². The van der Waals surface area contributed by atoms with E-state index >= 15 is 0 Å². The summed E-state index contributed by atoms with van der Waals surface area (Å²) in [6.45, 7) is 7.38. The highest BCUT2D eigenvalue weighted by Crippen LogP contribution is 2.38. The molecule has 0 N–H and O–H groups in total. The fourth-order valence-electron chi connectivity index (χ4n) is 1.46. The van der Waals surface area contributed by atoms with Gasteiger partial charge in [0.25, 0.3) is 0 Å². The van der Waals surface area contributed by atoms with Gasteiger partial charge in [-0.15, -0.1) is 0 Å². The number of alkyl halides is 1. The minimum atomic E-state index is -2.17. The summed E-state index contributed by atoms with van der Waals surface area (Å²) in [5.41, 5.74) is -3.14. The van der Waals surface area contributed by atoms with E-state index in [1.54, 1.807) is 0 Å². The molecular weight excluding hydrogens is 241 g/mol. The molecular formula is C11H20FNO3Si. The normalized spacial score (nSPS) is 15.9. The van der Waals surface area contributed by atoms with Gasteiger partial charge in [0, 0.05) is 0 Å². The van der Waals surface area contributed by atoms with Crippen LogP contribution in [0, 0.1) is 16.7 Å². The maximum absolute atomic E-state index is 13.3. The van der Waals surface area contributed by atoms with Crippen molar-refractivity contribution in [2.45, 2.75) is 39.1 Å². The maximum Gasteiger partial charge on any atom is 0.315 e. The Labute approximate surface area is 103 Å². The van der Waals surface area contributed by atoms with Crippen LogP contribution >= 0.6 is 0 Å². The number of ether oxygens (including phenoxy) is 1. The summed E-state index contributed by atoms with van der Waals surface area (Å²) >= 11 is 0. The molecule has 17 heavy (non-hydrogen) atoms. The second-order valence-corrected chi connectivity index (χ2v) is 9.83. The summed E-state index contributed by atoms with van der Waals surface area (Å²) in [4.78, 5) is 11.7. The van der Waals surface area contributed by atoms with Gasteiger partial charge in [-0.2, -0.15) is 5.26 Å². The van der Waals surface area contributed by atoms with Gasteiger partial charge in [-0.25, -0.2) is 4.39 Å². The Bertz CT molecular complexity index is 333. The fraction of sp³-hybridized carbons (Fsp3) is 0.818. The number of halogens is 1. The second-order valence-electron chi connectivity index (χ2n) is 5.40. The highest BCUT2D eigenvalue weighted by Gasteiger charge is 2.54. The number of rotatable bonds is 5. The summed E-state index contributed by atoms with van der Waals surface area (Å²) in [5, 5.41) is 9.22. The predicted molar refractivity (Wildman–Crippen MR) is 64.5 cm³/mol. The summed E-state index contributed by atoms with van der Waals surface area (Å²) in [7, 11) is -0.966. The fourth-order valence-corrected chi connectivity index (χ4v) is 2.86. The molecule has 0 aromatic carbocycles. The molecule has 0 rings (SSSR count). The van der Waals surface area contributed by atoms with E-state index in [1.807, 2.05) is 25.7 Å². The number of carbonyl (C=O) groups excluding carboxylic acids is 1. The van der Waals surface area contributed by atoms with Gasteiger partial charge in [-0.05, 0) is 33.5 Å². The Morgan fingerprint density at radius 2 is 1.88 bits per heavy atom. The van der Waals surface area contributed by atoms with Gasteiger partial charge in [0.2, 0.25) is 0 Å². The molecule has 0 heterocycles. The molecule has 0 spiro atoms. The first-order chi connectivity index (χ1) is 7.56. The number of hydrogen-bond donors (Lipinski definition) is 0. The van der Waals surface area contributed by atoms with Crippen LogP contribution in [0.2, 0.25) is 19.6 Å². The lowest BCUT2D eigenvalue weighted by atomic mass is 9.76. The predicted octanol–water partition coefficient (Wildman–Crippen LogP) is 2.27. The molecule has 98 valence electrons. The monoisotopic (exact) mass is 261 g/mol. The molecule has 0 aliphatic rings. The quantitative estimate of drug-likeness (QED) is 0.562. The van der Waals surface area contributed by atoms with Crippen LogP contribution in [-0.4, -0.2) is 33.7 Å². The summed E-state index contributed by atoms with van der Waals surface area (Å²) in [5.74, 6) is -0.657. The smallest absolute Gasteiger partial charge is 0.315 e. The van der Waals surface area contributed by atoms with Crippen molar-refractivity contribution in [1.29, 1.82) is 5.26 Å². The third-order valence-electron chi connectivity index (χ3n) is 2.55. The van der Waals surface area contributed by atoms with Gasteiger partial charge >= 0.3 is 5.97 Å². The van der Waals surface area contributed by atoms with Crippen molar-refractivity contribution in [3.05, 3.63) is 0 Å².